The summed E-state index contributed by atoms with van der Waals surface area (Å²) in [5, 5.41) is 13.6. The lowest BCUT2D eigenvalue weighted by molar-refractivity contribution is -0.144. The fraction of sp³-hybridized carbons (Fsp3) is 0.692. The molecule has 0 aromatic carbocycles. The average Bonchev–Trinajstić information content (AvgIpc) is 2.85. The van der Waals surface area contributed by atoms with Gasteiger partial charge in [-0.1, -0.05) is 0 Å². The van der Waals surface area contributed by atoms with Gasteiger partial charge in [-0.05, 0) is 26.7 Å². The molecule has 0 aromatic heterocycles. The van der Waals surface area contributed by atoms with Crippen LogP contribution in [-0.2, 0) is 19.2 Å². The van der Waals surface area contributed by atoms with Gasteiger partial charge in [0.05, 0.1) is 0 Å². The lowest BCUT2D eigenvalue weighted by atomic mass is 10.1. The fourth-order valence-corrected chi connectivity index (χ4v) is 2.29. The second-order valence-electron chi connectivity index (χ2n) is 5.18. The second kappa shape index (κ2) is 7.05. The minimum atomic E-state index is -1.13. The van der Waals surface area contributed by atoms with E-state index in [1.54, 1.807) is 6.92 Å². The van der Waals surface area contributed by atoms with Crippen LogP contribution in [0.4, 0.5) is 0 Å². The Labute approximate surface area is 122 Å². The van der Waals surface area contributed by atoms with Crippen molar-refractivity contribution in [1.29, 1.82) is 0 Å². The van der Waals surface area contributed by atoms with Crippen LogP contribution in [0.5, 0.6) is 0 Å². The van der Waals surface area contributed by atoms with Gasteiger partial charge in [-0.3, -0.25) is 19.2 Å². The quantitative estimate of drug-likeness (QED) is 0.608. The molecule has 1 aliphatic heterocycles. The number of hydrogen-bond donors (Lipinski definition) is 3. The first-order chi connectivity index (χ1) is 9.73. The highest BCUT2D eigenvalue weighted by atomic mass is 16.4. The molecule has 8 heteroatoms. The van der Waals surface area contributed by atoms with Crippen molar-refractivity contribution >= 4 is 23.7 Å². The molecule has 3 atom stereocenters. The first-order valence-corrected chi connectivity index (χ1v) is 6.84. The van der Waals surface area contributed by atoms with E-state index < -0.39 is 30.0 Å². The lowest BCUT2D eigenvalue weighted by Gasteiger charge is -2.27. The molecule has 8 nitrogen and oxygen atoms in total. The van der Waals surface area contributed by atoms with E-state index in [0.717, 1.165) is 0 Å². The highest BCUT2D eigenvalue weighted by molar-refractivity contribution is 5.93. The van der Waals surface area contributed by atoms with Gasteiger partial charge < -0.3 is 20.6 Å². The molecular weight excluding hydrogens is 278 g/mol. The van der Waals surface area contributed by atoms with Crippen LogP contribution in [0.2, 0.25) is 0 Å². The number of rotatable bonds is 5. The van der Waals surface area contributed by atoms with Crippen molar-refractivity contribution in [2.75, 3.05) is 6.54 Å². The van der Waals surface area contributed by atoms with Gasteiger partial charge >= 0.3 is 5.97 Å². The Morgan fingerprint density at radius 1 is 1.14 bits per heavy atom. The Morgan fingerprint density at radius 3 is 2.29 bits per heavy atom. The summed E-state index contributed by atoms with van der Waals surface area (Å²) in [4.78, 5) is 47.4. The standard InChI is InChI=1S/C13H21N3O5/c1-7(14-9(3)17)12(19)16-6-4-5-10(16)11(18)15-8(2)13(20)21/h7-8,10H,4-6H2,1-3H3,(H,14,17)(H,15,18)(H,20,21)/t7-,8-,10-/m0/s1. The van der Waals surface area contributed by atoms with Crippen LogP contribution in [0.1, 0.15) is 33.6 Å². The molecule has 0 saturated carbocycles. The summed E-state index contributed by atoms with van der Waals surface area (Å²) >= 11 is 0. The van der Waals surface area contributed by atoms with Crippen LogP contribution >= 0.6 is 0 Å². The molecule has 1 heterocycles. The number of carboxylic acid groups (broad SMARTS) is 1. The minimum absolute atomic E-state index is 0.324. The highest BCUT2D eigenvalue weighted by Gasteiger charge is 2.36. The zero-order valence-electron chi connectivity index (χ0n) is 12.4. The first-order valence-electron chi connectivity index (χ1n) is 6.84. The van der Waals surface area contributed by atoms with Crippen molar-refractivity contribution in [1.82, 2.24) is 15.5 Å². The first kappa shape index (κ1) is 16.9. The average molecular weight is 299 g/mol. The molecule has 0 aromatic rings. The van der Waals surface area contributed by atoms with Gasteiger partial charge in [-0.2, -0.15) is 0 Å². The second-order valence-corrected chi connectivity index (χ2v) is 5.18. The Kier molecular flexibility index (Phi) is 5.69. The molecule has 1 rings (SSSR count). The highest BCUT2D eigenvalue weighted by Crippen LogP contribution is 2.18. The summed E-state index contributed by atoms with van der Waals surface area (Å²) in [6, 6.07) is -2.41. The van der Waals surface area contributed by atoms with Gasteiger partial charge in [0.25, 0.3) is 0 Å². The van der Waals surface area contributed by atoms with Crippen LogP contribution < -0.4 is 10.6 Å². The number of hydrogen-bond acceptors (Lipinski definition) is 4. The molecule has 118 valence electrons. The van der Waals surface area contributed by atoms with E-state index in [-0.39, 0.29) is 11.8 Å². The van der Waals surface area contributed by atoms with Crippen molar-refractivity contribution in [2.24, 2.45) is 0 Å². The topological polar surface area (TPSA) is 116 Å². The number of nitrogens with zero attached hydrogens (tertiary/aromatic N) is 1. The van der Waals surface area contributed by atoms with Gasteiger partial charge in [-0.15, -0.1) is 0 Å². The number of carbonyl (C=O) groups is 4. The summed E-state index contributed by atoms with van der Waals surface area (Å²) in [5.74, 6) is -2.28. The molecule has 21 heavy (non-hydrogen) atoms. The third-order valence-corrected chi connectivity index (χ3v) is 3.36. The predicted octanol–water partition coefficient (Wildman–Crippen LogP) is -0.909. The van der Waals surface area contributed by atoms with E-state index in [0.29, 0.717) is 19.4 Å². The SMILES string of the molecule is CC(=O)N[C@@H](C)C(=O)N1CCC[C@H]1C(=O)N[C@@H](C)C(=O)O. The predicted molar refractivity (Wildman–Crippen MR) is 73.3 cm³/mol. The van der Waals surface area contributed by atoms with Crippen LogP contribution in [0.15, 0.2) is 0 Å². The molecule has 0 aliphatic carbocycles. The summed E-state index contributed by atoms with van der Waals surface area (Å²) < 4.78 is 0. The molecule has 1 saturated heterocycles. The number of aliphatic carboxylic acids is 1. The monoisotopic (exact) mass is 299 g/mol. The number of amides is 3. The largest absolute Gasteiger partial charge is 0.480 e. The molecule has 1 aliphatic rings. The van der Waals surface area contributed by atoms with Crippen LogP contribution in [0, 0.1) is 0 Å². The molecule has 1 fully saturated rings. The molecular formula is C13H21N3O5. The van der Waals surface area contributed by atoms with Crippen molar-refractivity contribution in [3.05, 3.63) is 0 Å². The zero-order valence-corrected chi connectivity index (χ0v) is 12.4. The smallest absolute Gasteiger partial charge is 0.325 e. The number of carboxylic acids is 1. The van der Waals surface area contributed by atoms with Gasteiger partial charge in [0.1, 0.15) is 18.1 Å². The third-order valence-electron chi connectivity index (χ3n) is 3.36. The molecule has 0 bridgehead atoms. The Balaban J connectivity index is 2.70. The van der Waals surface area contributed by atoms with E-state index >= 15 is 0 Å². The Hall–Kier alpha value is -2.12. The molecule has 0 spiro atoms. The van der Waals surface area contributed by atoms with Crippen molar-refractivity contribution < 1.29 is 24.3 Å². The zero-order chi connectivity index (χ0) is 16.2. The van der Waals surface area contributed by atoms with Gasteiger partial charge in [-0.25, -0.2) is 0 Å². The summed E-state index contributed by atoms with van der Waals surface area (Å²) in [6.45, 7) is 4.65. The lowest BCUT2D eigenvalue weighted by Crippen LogP contribution is -2.54. The maximum Gasteiger partial charge on any atom is 0.325 e. The van der Waals surface area contributed by atoms with E-state index in [4.69, 9.17) is 5.11 Å². The van der Waals surface area contributed by atoms with Gasteiger partial charge in [0.2, 0.25) is 17.7 Å². The van der Waals surface area contributed by atoms with Crippen LogP contribution in [0.25, 0.3) is 0 Å². The summed E-state index contributed by atoms with van der Waals surface area (Å²) in [7, 11) is 0. The maximum atomic E-state index is 12.2. The van der Waals surface area contributed by atoms with Crippen LogP contribution in [0.3, 0.4) is 0 Å². The van der Waals surface area contributed by atoms with E-state index in [1.165, 1.54) is 18.7 Å². The Morgan fingerprint density at radius 2 is 1.76 bits per heavy atom. The third kappa shape index (κ3) is 4.44. The maximum absolute atomic E-state index is 12.2. The van der Waals surface area contributed by atoms with Crippen molar-refractivity contribution in [3.8, 4) is 0 Å². The normalized spacial score (nSPS) is 20.5. The molecule has 3 N–H and O–H groups in total. The van der Waals surface area contributed by atoms with Gasteiger partial charge in [0.15, 0.2) is 0 Å². The molecule has 3 amide bonds. The molecule has 0 radical (unpaired) electrons. The summed E-state index contributed by atoms with van der Waals surface area (Å²) in [5.41, 5.74) is 0. The fourth-order valence-electron chi connectivity index (χ4n) is 2.29. The number of likely N-dealkylation sites (tertiary alicyclic amines) is 1. The van der Waals surface area contributed by atoms with Crippen molar-refractivity contribution in [3.63, 3.8) is 0 Å². The van der Waals surface area contributed by atoms with Crippen LogP contribution in [-0.4, -0.2) is 58.4 Å². The van der Waals surface area contributed by atoms with E-state index in [2.05, 4.69) is 10.6 Å². The molecule has 0 unspecified atom stereocenters. The Bertz CT molecular complexity index is 451. The van der Waals surface area contributed by atoms with E-state index in [9.17, 15) is 19.2 Å². The van der Waals surface area contributed by atoms with Crippen molar-refractivity contribution in [2.45, 2.75) is 51.7 Å². The van der Waals surface area contributed by atoms with E-state index in [1.807, 2.05) is 0 Å². The minimum Gasteiger partial charge on any atom is -0.480 e. The van der Waals surface area contributed by atoms with Gasteiger partial charge in [0, 0.05) is 13.5 Å². The summed E-state index contributed by atoms with van der Waals surface area (Å²) in [6.07, 6.45) is 1.15. The number of nitrogens with one attached hydrogen (secondary N) is 2. The number of carbonyl (C=O) groups excluding carboxylic acids is 3.